The lowest BCUT2D eigenvalue weighted by molar-refractivity contribution is 0.108. The molecule has 0 fully saturated rings. The van der Waals surface area contributed by atoms with Gasteiger partial charge in [-0.1, -0.05) is 27.7 Å². The van der Waals surface area contributed by atoms with Crippen LogP contribution in [0.5, 0.6) is 0 Å². The van der Waals surface area contributed by atoms with Crippen LogP contribution in [0.2, 0.25) is 0 Å². The number of nitrogens with zero attached hydrogens (tertiary/aromatic N) is 1. The van der Waals surface area contributed by atoms with Gasteiger partial charge in [0.2, 0.25) is 0 Å². The van der Waals surface area contributed by atoms with Gasteiger partial charge < -0.3 is 10.1 Å². The predicted octanol–water partition coefficient (Wildman–Crippen LogP) is 2.37. The van der Waals surface area contributed by atoms with Gasteiger partial charge in [-0.15, -0.1) is 0 Å². The molecule has 0 aromatic heterocycles. The lowest BCUT2D eigenvalue weighted by Gasteiger charge is -2.34. The Hall–Kier alpha value is -0.120. The first-order chi connectivity index (χ1) is 8.06. The van der Waals surface area contributed by atoms with Crippen LogP contribution in [0.3, 0.4) is 0 Å². The molecule has 0 spiro atoms. The van der Waals surface area contributed by atoms with E-state index < -0.39 is 0 Å². The van der Waals surface area contributed by atoms with Crippen molar-refractivity contribution >= 4 is 0 Å². The van der Waals surface area contributed by atoms with E-state index in [-0.39, 0.29) is 0 Å². The summed E-state index contributed by atoms with van der Waals surface area (Å²) in [5.74, 6) is 0.670. The van der Waals surface area contributed by atoms with Crippen LogP contribution in [0, 0.1) is 5.92 Å². The molecule has 2 atom stereocenters. The van der Waals surface area contributed by atoms with Crippen molar-refractivity contribution < 1.29 is 4.74 Å². The number of ether oxygens (including phenoxy) is 1. The molecule has 0 radical (unpaired) electrons. The van der Waals surface area contributed by atoms with Gasteiger partial charge in [-0.3, -0.25) is 4.90 Å². The molecule has 0 aromatic carbocycles. The van der Waals surface area contributed by atoms with E-state index in [4.69, 9.17) is 4.74 Å². The van der Waals surface area contributed by atoms with Crippen LogP contribution >= 0.6 is 0 Å². The van der Waals surface area contributed by atoms with Crippen molar-refractivity contribution in [1.29, 1.82) is 0 Å². The molecule has 0 aliphatic carbocycles. The zero-order valence-electron chi connectivity index (χ0n) is 12.6. The molecule has 0 amide bonds. The first kappa shape index (κ1) is 16.9. The van der Waals surface area contributed by atoms with Crippen molar-refractivity contribution in [3.8, 4) is 0 Å². The van der Waals surface area contributed by atoms with Crippen molar-refractivity contribution in [2.45, 2.75) is 53.1 Å². The Morgan fingerprint density at radius 3 is 2.24 bits per heavy atom. The van der Waals surface area contributed by atoms with E-state index in [1.54, 1.807) is 7.11 Å². The molecule has 104 valence electrons. The smallest absolute Gasteiger partial charge is 0.0589 e. The largest absolute Gasteiger partial charge is 0.383 e. The van der Waals surface area contributed by atoms with E-state index in [1.807, 2.05) is 0 Å². The second kappa shape index (κ2) is 9.86. The lowest BCUT2D eigenvalue weighted by atomic mass is 10.0. The Morgan fingerprint density at radius 1 is 1.18 bits per heavy atom. The summed E-state index contributed by atoms with van der Waals surface area (Å²) in [6.07, 6.45) is 1.20. The number of methoxy groups -OCH3 is 1. The van der Waals surface area contributed by atoms with Crippen LogP contribution in [0.4, 0.5) is 0 Å². The van der Waals surface area contributed by atoms with Gasteiger partial charge in [0.25, 0.3) is 0 Å². The third-order valence-corrected chi connectivity index (χ3v) is 3.50. The summed E-state index contributed by atoms with van der Waals surface area (Å²) in [4.78, 5) is 2.54. The maximum absolute atomic E-state index is 5.21. The second-order valence-electron chi connectivity index (χ2n) is 5.15. The molecule has 0 aliphatic rings. The lowest BCUT2D eigenvalue weighted by Crippen LogP contribution is -2.48. The maximum Gasteiger partial charge on any atom is 0.0589 e. The molecule has 3 heteroatoms. The quantitative estimate of drug-likeness (QED) is 0.638. The predicted molar refractivity (Wildman–Crippen MR) is 75.5 cm³/mol. The van der Waals surface area contributed by atoms with Gasteiger partial charge in [0.15, 0.2) is 0 Å². The van der Waals surface area contributed by atoms with Crippen molar-refractivity contribution in [3.63, 3.8) is 0 Å². The van der Waals surface area contributed by atoms with Crippen molar-refractivity contribution in [2.24, 2.45) is 5.92 Å². The average Bonchev–Trinajstić information content (AvgIpc) is 2.31. The highest BCUT2D eigenvalue weighted by molar-refractivity contribution is 4.77. The van der Waals surface area contributed by atoms with E-state index in [1.165, 1.54) is 6.42 Å². The van der Waals surface area contributed by atoms with E-state index in [0.717, 1.165) is 26.2 Å². The zero-order chi connectivity index (χ0) is 13.3. The van der Waals surface area contributed by atoms with Gasteiger partial charge in [-0.25, -0.2) is 0 Å². The Kier molecular flexibility index (Phi) is 9.79. The van der Waals surface area contributed by atoms with Crippen molar-refractivity contribution in [3.05, 3.63) is 0 Å². The molecule has 0 saturated heterocycles. The second-order valence-corrected chi connectivity index (χ2v) is 5.15. The molecule has 0 heterocycles. The number of hydrogen-bond donors (Lipinski definition) is 1. The van der Waals surface area contributed by atoms with Gasteiger partial charge in [0, 0.05) is 32.3 Å². The van der Waals surface area contributed by atoms with Crippen LogP contribution in [-0.2, 0) is 4.74 Å². The van der Waals surface area contributed by atoms with Crippen LogP contribution in [0.25, 0.3) is 0 Å². The van der Waals surface area contributed by atoms with Crippen molar-refractivity contribution in [1.82, 2.24) is 10.2 Å². The summed E-state index contributed by atoms with van der Waals surface area (Å²) in [7, 11) is 1.78. The van der Waals surface area contributed by atoms with Gasteiger partial charge >= 0.3 is 0 Å². The Labute approximate surface area is 108 Å². The summed E-state index contributed by atoms with van der Waals surface area (Å²) in [5.41, 5.74) is 0. The number of likely N-dealkylation sites (N-methyl/N-ethyl adjacent to an activating group) is 1. The summed E-state index contributed by atoms with van der Waals surface area (Å²) in [6.45, 7) is 15.3. The van der Waals surface area contributed by atoms with Gasteiger partial charge in [-0.05, 0) is 25.8 Å². The molecule has 1 N–H and O–H groups in total. The molecular formula is C14H32N2O. The first-order valence-electron chi connectivity index (χ1n) is 7.03. The third-order valence-electron chi connectivity index (χ3n) is 3.50. The molecule has 0 saturated carbocycles. The molecule has 3 nitrogen and oxygen atoms in total. The van der Waals surface area contributed by atoms with Crippen LogP contribution in [0.1, 0.15) is 41.0 Å². The van der Waals surface area contributed by atoms with E-state index in [0.29, 0.717) is 18.0 Å². The molecule has 0 aromatic rings. The third kappa shape index (κ3) is 7.02. The van der Waals surface area contributed by atoms with Crippen LogP contribution in [0.15, 0.2) is 0 Å². The summed E-state index contributed by atoms with van der Waals surface area (Å²) >= 11 is 0. The highest BCUT2D eigenvalue weighted by atomic mass is 16.5. The number of hydrogen-bond acceptors (Lipinski definition) is 3. The Balaban J connectivity index is 4.35. The van der Waals surface area contributed by atoms with Gasteiger partial charge in [-0.2, -0.15) is 0 Å². The minimum Gasteiger partial charge on any atom is -0.383 e. The maximum atomic E-state index is 5.21. The SMILES string of the molecule is CCNC(CN(CCOC)C(C)CC)C(C)C. The first-order valence-corrected chi connectivity index (χ1v) is 7.03. The fraction of sp³-hybridized carbons (Fsp3) is 1.00. The van der Waals surface area contributed by atoms with Gasteiger partial charge in [0.05, 0.1) is 6.61 Å². The number of rotatable bonds is 10. The fourth-order valence-electron chi connectivity index (χ4n) is 1.98. The minimum absolute atomic E-state index is 0.575. The summed E-state index contributed by atoms with van der Waals surface area (Å²) in [6, 6.07) is 1.20. The van der Waals surface area contributed by atoms with Crippen molar-refractivity contribution in [2.75, 3.05) is 33.4 Å². The molecule has 0 rings (SSSR count). The summed E-state index contributed by atoms with van der Waals surface area (Å²) < 4.78 is 5.21. The standard InChI is InChI=1S/C14H32N2O/c1-7-13(5)16(9-10-17-6)11-14(12(3)4)15-8-2/h12-15H,7-11H2,1-6H3. The molecule has 2 unspecified atom stereocenters. The highest BCUT2D eigenvalue weighted by Gasteiger charge is 2.19. The molecule has 17 heavy (non-hydrogen) atoms. The molecular weight excluding hydrogens is 212 g/mol. The van der Waals surface area contributed by atoms with Gasteiger partial charge in [0.1, 0.15) is 0 Å². The van der Waals surface area contributed by atoms with E-state index in [2.05, 4.69) is 44.8 Å². The normalized spacial score (nSPS) is 15.5. The Morgan fingerprint density at radius 2 is 1.82 bits per heavy atom. The summed E-state index contributed by atoms with van der Waals surface area (Å²) in [5, 5.41) is 3.59. The fourth-order valence-corrected chi connectivity index (χ4v) is 1.98. The van der Waals surface area contributed by atoms with E-state index in [9.17, 15) is 0 Å². The van der Waals surface area contributed by atoms with Crippen LogP contribution < -0.4 is 5.32 Å². The highest BCUT2D eigenvalue weighted by Crippen LogP contribution is 2.09. The topological polar surface area (TPSA) is 24.5 Å². The monoisotopic (exact) mass is 244 g/mol. The Bertz CT molecular complexity index is 174. The average molecular weight is 244 g/mol. The minimum atomic E-state index is 0.575. The molecule has 0 bridgehead atoms. The molecule has 0 aliphatic heterocycles. The number of nitrogens with one attached hydrogen (secondary N) is 1. The van der Waals surface area contributed by atoms with Crippen LogP contribution in [-0.4, -0.2) is 50.3 Å². The zero-order valence-corrected chi connectivity index (χ0v) is 12.6. The van der Waals surface area contributed by atoms with E-state index >= 15 is 0 Å².